The van der Waals surface area contributed by atoms with Crippen LogP contribution in [0.2, 0.25) is 0 Å². The number of likely N-dealkylation sites (tertiary alicyclic amines) is 1. The first-order valence-electron chi connectivity index (χ1n) is 6.96. The van der Waals surface area contributed by atoms with Crippen LogP contribution in [0.3, 0.4) is 0 Å². The molecule has 1 aliphatic heterocycles. The molecule has 1 saturated heterocycles. The molecule has 0 bridgehead atoms. The van der Waals surface area contributed by atoms with Crippen molar-refractivity contribution in [1.82, 2.24) is 9.62 Å². The quantitative estimate of drug-likeness (QED) is 0.763. The Hall–Kier alpha value is -0.880. The van der Waals surface area contributed by atoms with Crippen LogP contribution in [0.25, 0.3) is 0 Å². The molecule has 1 amide bonds. The van der Waals surface area contributed by atoms with Crippen molar-refractivity contribution in [3.8, 4) is 0 Å². The molecule has 0 aromatic carbocycles. The van der Waals surface area contributed by atoms with E-state index in [1.165, 1.54) is 0 Å². The molecule has 2 rings (SSSR count). The third-order valence-corrected chi connectivity index (χ3v) is 5.78. The molecular weight excluding hydrogens is 264 g/mol. The molecule has 0 spiro atoms. The fourth-order valence-corrected chi connectivity index (χ4v) is 4.18. The Morgan fingerprint density at radius 1 is 1.42 bits per heavy atom. The van der Waals surface area contributed by atoms with E-state index >= 15 is 0 Å². The highest BCUT2D eigenvalue weighted by molar-refractivity contribution is 7.90. The van der Waals surface area contributed by atoms with Crippen LogP contribution in [0.1, 0.15) is 32.6 Å². The first-order valence-corrected chi connectivity index (χ1v) is 8.50. The number of nitrogens with zero attached hydrogens (tertiary/aromatic N) is 1. The van der Waals surface area contributed by atoms with Crippen molar-refractivity contribution in [2.75, 3.05) is 19.6 Å². The van der Waals surface area contributed by atoms with Gasteiger partial charge in [-0.25, -0.2) is 13.1 Å². The van der Waals surface area contributed by atoms with Crippen molar-refractivity contribution < 1.29 is 13.2 Å². The number of carbonyl (C=O) groups excluding carboxylic acids is 1. The maximum Gasteiger partial charge on any atom is 0.223 e. The first kappa shape index (κ1) is 14.5. The van der Waals surface area contributed by atoms with Crippen LogP contribution >= 0.6 is 0 Å². The third kappa shape index (κ3) is 3.57. The molecule has 0 radical (unpaired) electrons. The monoisotopic (exact) mass is 286 g/mol. The number of hydrogen-bond donors (Lipinski definition) is 1. The fourth-order valence-electron chi connectivity index (χ4n) is 2.75. The van der Waals surface area contributed by atoms with E-state index in [0.29, 0.717) is 38.4 Å². The van der Waals surface area contributed by atoms with Gasteiger partial charge in [-0.1, -0.05) is 19.1 Å². The summed E-state index contributed by atoms with van der Waals surface area (Å²) in [5, 5.41) is -0.449. The number of allylic oxidation sites excluding steroid dienone is 2. The Labute approximate surface area is 115 Å². The molecular formula is C13H22N2O3S. The maximum absolute atomic E-state index is 12.1. The SMILES string of the molecule is CCNS(=O)(=O)[C@@H]1CCN(C(=O)C[C@@H]2C=CCC2)C1. The number of hydrogen-bond acceptors (Lipinski definition) is 3. The Kier molecular flexibility index (Phi) is 4.62. The van der Waals surface area contributed by atoms with Gasteiger partial charge in [0.1, 0.15) is 0 Å². The zero-order valence-corrected chi connectivity index (χ0v) is 12.2. The van der Waals surface area contributed by atoms with Gasteiger partial charge < -0.3 is 4.90 Å². The van der Waals surface area contributed by atoms with E-state index in [1.807, 2.05) is 0 Å². The van der Waals surface area contributed by atoms with Gasteiger partial charge >= 0.3 is 0 Å². The van der Waals surface area contributed by atoms with Gasteiger partial charge in [0.2, 0.25) is 15.9 Å². The van der Waals surface area contributed by atoms with Gasteiger partial charge in [0.15, 0.2) is 0 Å². The van der Waals surface area contributed by atoms with Gasteiger partial charge in [0.05, 0.1) is 5.25 Å². The summed E-state index contributed by atoms with van der Waals surface area (Å²) in [6.45, 7) is 3.07. The molecule has 108 valence electrons. The van der Waals surface area contributed by atoms with Crippen LogP contribution in [0, 0.1) is 5.92 Å². The molecule has 19 heavy (non-hydrogen) atoms. The van der Waals surface area contributed by atoms with Gasteiger partial charge in [-0.15, -0.1) is 0 Å². The average Bonchev–Trinajstić information content (AvgIpc) is 2.99. The summed E-state index contributed by atoms with van der Waals surface area (Å²) in [5.74, 6) is 0.433. The molecule has 6 heteroatoms. The predicted molar refractivity (Wildman–Crippen MR) is 74.1 cm³/mol. The Bertz CT molecular complexity index is 459. The van der Waals surface area contributed by atoms with Gasteiger partial charge in [0, 0.05) is 26.1 Å². The maximum atomic E-state index is 12.1. The summed E-state index contributed by atoms with van der Waals surface area (Å²) in [7, 11) is -3.26. The molecule has 0 aromatic heterocycles. The topological polar surface area (TPSA) is 66.5 Å². The zero-order valence-electron chi connectivity index (χ0n) is 11.3. The molecule has 1 heterocycles. The summed E-state index contributed by atoms with van der Waals surface area (Å²) < 4.78 is 26.3. The summed E-state index contributed by atoms with van der Waals surface area (Å²) in [4.78, 5) is 13.8. The highest BCUT2D eigenvalue weighted by Gasteiger charge is 2.35. The van der Waals surface area contributed by atoms with E-state index < -0.39 is 15.3 Å². The van der Waals surface area contributed by atoms with Crippen LogP contribution in [0.5, 0.6) is 0 Å². The Balaban J connectivity index is 1.87. The summed E-state index contributed by atoms with van der Waals surface area (Å²) in [5.41, 5.74) is 0. The molecule has 0 saturated carbocycles. The van der Waals surface area contributed by atoms with Crippen LogP contribution in [-0.2, 0) is 14.8 Å². The summed E-state index contributed by atoms with van der Waals surface area (Å²) in [6, 6.07) is 0. The van der Waals surface area contributed by atoms with Crippen LogP contribution in [0.4, 0.5) is 0 Å². The second kappa shape index (κ2) is 6.05. The van der Waals surface area contributed by atoms with Crippen molar-refractivity contribution in [1.29, 1.82) is 0 Å². The number of sulfonamides is 1. The number of amides is 1. The van der Waals surface area contributed by atoms with Gasteiger partial charge in [-0.05, 0) is 25.2 Å². The molecule has 1 fully saturated rings. The second-order valence-corrected chi connectivity index (χ2v) is 7.31. The number of carbonyl (C=O) groups is 1. The second-order valence-electron chi connectivity index (χ2n) is 5.26. The largest absolute Gasteiger partial charge is 0.341 e. The lowest BCUT2D eigenvalue weighted by Crippen LogP contribution is -2.37. The first-order chi connectivity index (χ1) is 9.03. The average molecular weight is 286 g/mol. The molecule has 5 nitrogen and oxygen atoms in total. The smallest absolute Gasteiger partial charge is 0.223 e. The molecule has 2 aliphatic rings. The lowest BCUT2D eigenvalue weighted by Gasteiger charge is -2.18. The van der Waals surface area contributed by atoms with Gasteiger partial charge in [-0.2, -0.15) is 0 Å². The van der Waals surface area contributed by atoms with Crippen molar-refractivity contribution in [3.05, 3.63) is 12.2 Å². The Morgan fingerprint density at radius 3 is 2.84 bits per heavy atom. The highest BCUT2D eigenvalue weighted by Crippen LogP contribution is 2.23. The van der Waals surface area contributed by atoms with Crippen molar-refractivity contribution in [3.63, 3.8) is 0 Å². The standard InChI is InChI=1S/C13H22N2O3S/c1-2-14-19(17,18)12-7-8-15(10-12)13(16)9-11-5-3-4-6-11/h3,5,11-12,14H,2,4,6-10H2,1H3/t11-,12-/m1/s1. The van der Waals surface area contributed by atoms with Crippen molar-refractivity contribution in [2.45, 2.75) is 37.9 Å². The van der Waals surface area contributed by atoms with Crippen LogP contribution in [-0.4, -0.2) is 44.1 Å². The summed E-state index contributed by atoms with van der Waals surface area (Å²) in [6.07, 6.45) is 7.36. The van der Waals surface area contributed by atoms with Crippen molar-refractivity contribution in [2.24, 2.45) is 5.92 Å². The minimum absolute atomic E-state index is 0.0887. The third-order valence-electron chi connectivity index (χ3n) is 3.83. The lowest BCUT2D eigenvalue weighted by molar-refractivity contribution is -0.130. The molecule has 2 atom stereocenters. The van der Waals surface area contributed by atoms with Gasteiger partial charge in [0.25, 0.3) is 0 Å². The van der Waals surface area contributed by atoms with Gasteiger partial charge in [-0.3, -0.25) is 4.79 Å². The molecule has 1 N–H and O–H groups in total. The summed E-state index contributed by atoms with van der Waals surface area (Å²) >= 11 is 0. The van der Waals surface area contributed by atoms with E-state index in [9.17, 15) is 13.2 Å². The highest BCUT2D eigenvalue weighted by atomic mass is 32.2. The number of nitrogens with one attached hydrogen (secondary N) is 1. The van der Waals surface area contributed by atoms with E-state index in [4.69, 9.17) is 0 Å². The zero-order chi connectivity index (χ0) is 13.9. The molecule has 1 aliphatic carbocycles. The van der Waals surface area contributed by atoms with E-state index in [0.717, 1.165) is 12.8 Å². The molecule has 0 aromatic rings. The lowest BCUT2D eigenvalue weighted by atomic mass is 10.0. The fraction of sp³-hybridized carbons (Fsp3) is 0.769. The minimum Gasteiger partial charge on any atom is -0.341 e. The minimum atomic E-state index is -3.26. The predicted octanol–water partition coefficient (Wildman–Crippen LogP) is 0.883. The normalized spacial score (nSPS) is 27.1. The Morgan fingerprint density at radius 2 is 2.21 bits per heavy atom. The number of rotatable bonds is 5. The van der Waals surface area contributed by atoms with E-state index in [-0.39, 0.29) is 5.91 Å². The van der Waals surface area contributed by atoms with Crippen LogP contribution < -0.4 is 4.72 Å². The molecule has 0 unspecified atom stereocenters. The van der Waals surface area contributed by atoms with E-state index in [1.54, 1.807) is 11.8 Å². The van der Waals surface area contributed by atoms with Crippen molar-refractivity contribution >= 4 is 15.9 Å². The van der Waals surface area contributed by atoms with E-state index in [2.05, 4.69) is 16.9 Å². The van der Waals surface area contributed by atoms with Crippen LogP contribution in [0.15, 0.2) is 12.2 Å².